The second-order valence-electron chi connectivity index (χ2n) is 11.8. The molecule has 0 saturated carbocycles. The van der Waals surface area contributed by atoms with E-state index in [0.717, 1.165) is 11.3 Å². The van der Waals surface area contributed by atoms with Crippen molar-refractivity contribution in [1.29, 1.82) is 0 Å². The standard InChI is InChI=1S/C37H41FN2O8/c1-22(2)40-30(17-15-27(41)19-28(42)20-32(43)44)33(25-11-13-26(38)14-12-25)34(24-8-6-5-7-9-24)35(40)36(45)39-21-23-10-16-29(37(46)48-4)31(18-23)47-3/h5-14,16,18,22,27-28,41-42H,15,17,19-21H2,1-4H3,(H,39,45)(H,43,44)/t27-,28-/m1/s1. The first-order chi connectivity index (χ1) is 22.9. The number of nitrogens with zero attached hydrogens (tertiary/aromatic N) is 1. The number of amides is 1. The average Bonchev–Trinajstić information content (AvgIpc) is 3.41. The first-order valence-corrected chi connectivity index (χ1v) is 15.6. The second-order valence-corrected chi connectivity index (χ2v) is 11.8. The number of nitrogens with one attached hydrogen (secondary N) is 1. The van der Waals surface area contributed by atoms with Crippen molar-refractivity contribution in [3.63, 3.8) is 0 Å². The molecule has 1 heterocycles. The number of carbonyl (C=O) groups is 3. The summed E-state index contributed by atoms with van der Waals surface area (Å²) < 4.78 is 26.3. The molecule has 4 aromatic rings. The van der Waals surface area contributed by atoms with E-state index in [9.17, 15) is 29.0 Å². The number of aliphatic carboxylic acids is 1. The molecule has 0 radical (unpaired) electrons. The number of hydrogen-bond acceptors (Lipinski definition) is 7. The summed E-state index contributed by atoms with van der Waals surface area (Å²) in [6.07, 6.45) is -2.41. The van der Waals surface area contributed by atoms with Crippen molar-refractivity contribution in [1.82, 2.24) is 9.88 Å². The smallest absolute Gasteiger partial charge is 0.341 e. The molecule has 0 unspecified atom stereocenters. The van der Waals surface area contributed by atoms with Crippen LogP contribution in [-0.4, -0.2) is 64.2 Å². The Bertz CT molecular complexity index is 1730. The van der Waals surface area contributed by atoms with Crippen molar-refractivity contribution in [2.75, 3.05) is 14.2 Å². The number of carbonyl (C=O) groups excluding carboxylic acids is 2. The summed E-state index contributed by atoms with van der Waals surface area (Å²) in [7, 11) is 2.72. The molecule has 0 aliphatic carbocycles. The third-order valence-electron chi connectivity index (χ3n) is 8.03. The highest BCUT2D eigenvalue weighted by Crippen LogP contribution is 2.42. The quantitative estimate of drug-likeness (QED) is 0.117. The summed E-state index contributed by atoms with van der Waals surface area (Å²) in [5.41, 5.74) is 4.76. The van der Waals surface area contributed by atoms with Crippen LogP contribution in [0.4, 0.5) is 4.39 Å². The molecule has 4 N–H and O–H groups in total. The number of methoxy groups -OCH3 is 2. The van der Waals surface area contributed by atoms with Gasteiger partial charge in [-0.3, -0.25) is 9.59 Å². The summed E-state index contributed by atoms with van der Waals surface area (Å²) in [5, 5.41) is 33.0. The van der Waals surface area contributed by atoms with Gasteiger partial charge in [0.1, 0.15) is 22.8 Å². The minimum absolute atomic E-state index is 0.107. The van der Waals surface area contributed by atoms with Gasteiger partial charge in [0, 0.05) is 29.4 Å². The van der Waals surface area contributed by atoms with E-state index in [4.69, 9.17) is 14.6 Å². The summed E-state index contributed by atoms with van der Waals surface area (Å²) in [5.74, 6) is -2.21. The maximum absolute atomic E-state index is 14.3. The fourth-order valence-corrected chi connectivity index (χ4v) is 5.90. The van der Waals surface area contributed by atoms with Crippen LogP contribution in [-0.2, 0) is 22.5 Å². The van der Waals surface area contributed by atoms with Gasteiger partial charge in [0.15, 0.2) is 0 Å². The Labute approximate surface area is 278 Å². The summed E-state index contributed by atoms with van der Waals surface area (Å²) >= 11 is 0. The minimum atomic E-state index is -1.22. The lowest BCUT2D eigenvalue weighted by molar-refractivity contribution is -0.139. The average molecular weight is 661 g/mol. The van der Waals surface area contributed by atoms with Gasteiger partial charge in [-0.05, 0) is 74.1 Å². The Morgan fingerprint density at radius 1 is 0.896 bits per heavy atom. The summed E-state index contributed by atoms with van der Waals surface area (Å²) in [6.45, 7) is 3.98. The molecule has 254 valence electrons. The number of rotatable bonds is 15. The highest BCUT2D eigenvalue weighted by atomic mass is 19.1. The lowest BCUT2D eigenvalue weighted by atomic mass is 9.92. The number of aromatic nitrogens is 1. The number of carboxylic acid groups (broad SMARTS) is 1. The van der Waals surface area contributed by atoms with Crippen LogP contribution in [0.3, 0.4) is 0 Å². The molecule has 11 heteroatoms. The van der Waals surface area contributed by atoms with Gasteiger partial charge in [0.25, 0.3) is 5.91 Å². The van der Waals surface area contributed by atoms with Gasteiger partial charge in [-0.15, -0.1) is 0 Å². The summed E-state index contributed by atoms with van der Waals surface area (Å²) in [6, 6.07) is 20.1. The van der Waals surface area contributed by atoms with Crippen molar-refractivity contribution < 1.29 is 43.6 Å². The van der Waals surface area contributed by atoms with E-state index >= 15 is 0 Å². The third kappa shape index (κ3) is 8.47. The number of halogens is 1. The van der Waals surface area contributed by atoms with Crippen molar-refractivity contribution in [2.24, 2.45) is 0 Å². The Morgan fingerprint density at radius 3 is 2.17 bits per heavy atom. The molecule has 0 bridgehead atoms. The van der Waals surface area contributed by atoms with E-state index in [1.807, 2.05) is 48.7 Å². The van der Waals surface area contributed by atoms with Crippen LogP contribution in [0.25, 0.3) is 22.3 Å². The molecular formula is C37H41FN2O8. The first kappa shape index (κ1) is 35.8. The van der Waals surface area contributed by atoms with Gasteiger partial charge in [-0.1, -0.05) is 48.5 Å². The third-order valence-corrected chi connectivity index (χ3v) is 8.03. The molecule has 1 amide bonds. The zero-order valence-electron chi connectivity index (χ0n) is 27.4. The zero-order chi connectivity index (χ0) is 35.0. The number of esters is 1. The molecule has 3 aromatic carbocycles. The Hall–Kier alpha value is -5.00. The normalized spacial score (nSPS) is 12.4. The number of benzene rings is 3. The molecule has 0 spiro atoms. The van der Waals surface area contributed by atoms with Crippen molar-refractivity contribution in [2.45, 2.75) is 64.3 Å². The Kier molecular flexibility index (Phi) is 12.1. The SMILES string of the molecule is COC(=O)c1ccc(CNC(=O)c2c(-c3ccccc3)c(-c3ccc(F)cc3)c(CC[C@@H](O)C[C@@H](O)CC(=O)O)n2C(C)C)cc1OC. The Morgan fingerprint density at radius 2 is 1.56 bits per heavy atom. The monoisotopic (exact) mass is 660 g/mol. The van der Waals surface area contributed by atoms with Crippen LogP contribution in [0, 0.1) is 5.82 Å². The number of ether oxygens (including phenoxy) is 2. The van der Waals surface area contributed by atoms with Gasteiger partial charge >= 0.3 is 11.9 Å². The van der Waals surface area contributed by atoms with Gasteiger partial charge < -0.3 is 34.7 Å². The molecular weight excluding hydrogens is 619 g/mol. The maximum Gasteiger partial charge on any atom is 0.341 e. The van der Waals surface area contributed by atoms with Crippen LogP contribution in [0.15, 0.2) is 72.8 Å². The highest BCUT2D eigenvalue weighted by Gasteiger charge is 2.30. The molecule has 48 heavy (non-hydrogen) atoms. The van der Waals surface area contributed by atoms with E-state index in [2.05, 4.69) is 5.32 Å². The summed E-state index contributed by atoms with van der Waals surface area (Å²) in [4.78, 5) is 37.5. The van der Waals surface area contributed by atoms with E-state index in [0.29, 0.717) is 33.7 Å². The molecule has 4 rings (SSSR count). The molecule has 0 aliphatic rings. The lowest BCUT2D eigenvalue weighted by Gasteiger charge is -2.20. The molecule has 0 aliphatic heterocycles. The van der Waals surface area contributed by atoms with Gasteiger partial charge in [-0.2, -0.15) is 0 Å². The van der Waals surface area contributed by atoms with Gasteiger partial charge in [0.05, 0.1) is 32.8 Å². The number of aliphatic hydroxyl groups is 2. The zero-order valence-corrected chi connectivity index (χ0v) is 27.4. The van der Waals surface area contributed by atoms with E-state index in [1.54, 1.807) is 30.3 Å². The first-order valence-electron chi connectivity index (χ1n) is 15.6. The van der Waals surface area contributed by atoms with E-state index in [1.165, 1.54) is 26.4 Å². The van der Waals surface area contributed by atoms with Crippen molar-refractivity contribution in [3.05, 3.63) is 101 Å². The molecule has 1 aromatic heterocycles. The predicted octanol–water partition coefficient (Wildman–Crippen LogP) is 5.79. The minimum Gasteiger partial charge on any atom is -0.496 e. The van der Waals surface area contributed by atoms with Gasteiger partial charge in [0.2, 0.25) is 0 Å². The fourth-order valence-electron chi connectivity index (χ4n) is 5.90. The molecule has 0 saturated heterocycles. The predicted molar refractivity (Wildman–Crippen MR) is 178 cm³/mol. The van der Waals surface area contributed by atoms with Crippen LogP contribution < -0.4 is 10.1 Å². The van der Waals surface area contributed by atoms with Crippen LogP contribution in [0.2, 0.25) is 0 Å². The second kappa shape index (κ2) is 16.2. The molecule has 0 fully saturated rings. The van der Waals surface area contributed by atoms with E-state index < -0.39 is 36.4 Å². The molecule has 10 nitrogen and oxygen atoms in total. The van der Waals surface area contributed by atoms with Crippen LogP contribution in [0.1, 0.15) is 71.3 Å². The maximum atomic E-state index is 14.3. The van der Waals surface area contributed by atoms with Crippen LogP contribution >= 0.6 is 0 Å². The highest BCUT2D eigenvalue weighted by molar-refractivity contribution is 6.05. The number of carboxylic acids is 1. The number of aliphatic hydroxyl groups excluding tert-OH is 2. The largest absolute Gasteiger partial charge is 0.496 e. The Balaban J connectivity index is 1.82. The van der Waals surface area contributed by atoms with Crippen molar-refractivity contribution >= 4 is 17.8 Å². The van der Waals surface area contributed by atoms with E-state index in [-0.39, 0.29) is 43.3 Å². The van der Waals surface area contributed by atoms with Gasteiger partial charge in [-0.25, -0.2) is 9.18 Å². The fraction of sp³-hybridized carbons (Fsp3) is 0.324. The number of hydrogen-bond donors (Lipinski definition) is 4. The topological polar surface area (TPSA) is 147 Å². The van der Waals surface area contributed by atoms with Crippen molar-refractivity contribution in [3.8, 4) is 28.0 Å². The lowest BCUT2D eigenvalue weighted by Crippen LogP contribution is -2.27. The van der Waals surface area contributed by atoms with Crippen LogP contribution in [0.5, 0.6) is 5.75 Å². The molecule has 2 atom stereocenters.